The van der Waals surface area contributed by atoms with Gasteiger partial charge in [-0.25, -0.2) is 23.3 Å². The van der Waals surface area contributed by atoms with Crippen molar-refractivity contribution in [3.8, 4) is 0 Å². The van der Waals surface area contributed by atoms with Crippen LogP contribution in [-0.4, -0.2) is 48.9 Å². The molecule has 0 bridgehead atoms. The fourth-order valence-electron chi connectivity index (χ4n) is 3.46. The van der Waals surface area contributed by atoms with Crippen LogP contribution in [0.15, 0.2) is 59.6 Å². The fraction of sp³-hybridized carbons (Fsp3) is 0.385. The molecule has 0 saturated heterocycles. The molecule has 1 aromatic heterocycles. The van der Waals surface area contributed by atoms with Crippen molar-refractivity contribution in [3.05, 3.63) is 65.9 Å². The number of nitrogens with one attached hydrogen (secondary N) is 4. The number of aromatic nitrogens is 2. The van der Waals surface area contributed by atoms with Crippen LogP contribution < -0.4 is 20.4 Å². The predicted octanol–water partition coefficient (Wildman–Crippen LogP) is 3.16. The van der Waals surface area contributed by atoms with Gasteiger partial charge in [0.25, 0.3) is 0 Å². The maximum absolute atomic E-state index is 12.7. The van der Waals surface area contributed by atoms with Gasteiger partial charge in [-0.15, -0.1) is 0 Å². The minimum atomic E-state index is -3.67. The lowest BCUT2D eigenvalue weighted by molar-refractivity contribution is -1.10. The Balaban J connectivity index is 1.68. The van der Waals surface area contributed by atoms with Gasteiger partial charge in [-0.1, -0.05) is 18.2 Å². The van der Waals surface area contributed by atoms with Crippen LogP contribution in [0, 0.1) is 6.92 Å². The minimum Gasteiger partial charge on any atom is -0.376 e. The number of aryl methyl sites for hydroxylation is 1. The van der Waals surface area contributed by atoms with E-state index in [-0.39, 0.29) is 4.90 Å². The molecule has 0 saturated carbocycles. The molecule has 0 aliphatic rings. The molecular formula is C26H37N6O4S+. The molecule has 3 aromatic rings. The van der Waals surface area contributed by atoms with Gasteiger partial charge in [0.2, 0.25) is 16.0 Å². The van der Waals surface area contributed by atoms with Gasteiger partial charge in [0.1, 0.15) is 18.9 Å². The van der Waals surface area contributed by atoms with E-state index in [0.29, 0.717) is 48.8 Å². The number of benzene rings is 2. The van der Waals surface area contributed by atoms with Crippen molar-refractivity contribution in [2.45, 2.75) is 51.6 Å². The lowest BCUT2D eigenvalue weighted by atomic mass is 10.1. The molecule has 1 atom stereocenters. The van der Waals surface area contributed by atoms with Crippen molar-refractivity contribution in [3.63, 3.8) is 0 Å². The molecule has 200 valence electrons. The first kappa shape index (κ1) is 28.5. The highest BCUT2D eigenvalue weighted by Gasteiger charge is 2.22. The number of sulfonamides is 1. The fourth-order valence-corrected chi connectivity index (χ4v) is 4.93. The number of nitrogens with zero attached hydrogens (tertiary/aromatic N) is 2. The van der Waals surface area contributed by atoms with Crippen LogP contribution in [0.1, 0.15) is 38.8 Å². The largest absolute Gasteiger partial charge is 0.376 e. The monoisotopic (exact) mass is 529 g/mol. The highest BCUT2D eigenvalue weighted by atomic mass is 32.2. The predicted molar refractivity (Wildman–Crippen MR) is 144 cm³/mol. The van der Waals surface area contributed by atoms with E-state index in [4.69, 9.17) is 4.74 Å². The van der Waals surface area contributed by atoms with Gasteiger partial charge in [-0.2, -0.15) is 10.0 Å². The van der Waals surface area contributed by atoms with E-state index < -0.39 is 15.6 Å². The zero-order valence-corrected chi connectivity index (χ0v) is 22.8. The Morgan fingerprint density at radius 1 is 1.05 bits per heavy atom. The van der Waals surface area contributed by atoms with E-state index in [1.807, 2.05) is 38.1 Å². The van der Waals surface area contributed by atoms with Crippen molar-refractivity contribution in [1.82, 2.24) is 14.7 Å². The second kappa shape index (κ2) is 12.4. The molecule has 0 aliphatic carbocycles. The van der Waals surface area contributed by atoms with Gasteiger partial charge < -0.3 is 15.4 Å². The van der Waals surface area contributed by atoms with E-state index in [9.17, 15) is 13.6 Å². The van der Waals surface area contributed by atoms with E-state index in [1.54, 1.807) is 51.2 Å². The number of ether oxygens (including phenoxy) is 1. The summed E-state index contributed by atoms with van der Waals surface area (Å²) in [7, 11) is -3.67. The quantitative estimate of drug-likeness (QED) is 0.179. The topological polar surface area (TPSA) is 130 Å². The second-order valence-corrected chi connectivity index (χ2v) is 11.4. The summed E-state index contributed by atoms with van der Waals surface area (Å²) in [5.74, 6) is 0.950. The molecule has 0 spiro atoms. The highest BCUT2D eigenvalue weighted by Crippen LogP contribution is 2.23. The van der Waals surface area contributed by atoms with E-state index >= 15 is 0 Å². The molecule has 0 amide bonds. The third-order valence-corrected chi connectivity index (χ3v) is 6.93. The van der Waals surface area contributed by atoms with Crippen LogP contribution in [0.25, 0.3) is 0 Å². The first-order valence-corrected chi connectivity index (χ1v) is 13.7. The molecule has 0 aliphatic heterocycles. The summed E-state index contributed by atoms with van der Waals surface area (Å²) in [4.78, 5) is 9.10. The normalized spacial score (nSPS) is 12.8. The molecule has 1 unspecified atom stereocenters. The summed E-state index contributed by atoms with van der Waals surface area (Å²) < 4.78 is 33.4. The van der Waals surface area contributed by atoms with Gasteiger partial charge in [-0.3, -0.25) is 0 Å². The Morgan fingerprint density at radius 2 is 1.78 bits per heavy atom. The molecule has 0 radical (unpaired) electrons. The summed E-state index contributed by atoms with van der Waals surface area (Å²) in [6.07, 6.45) is 1.69. The van der Waals surface area contributed by atoms with Gasteiger partial charge in [0.15, 0.2) is 0 Å². The highest BCUT2D eigenvalue weighted by molar-refractivity contribution is 7.89. The molecule has 10 nitrogen and oxygen atoms in total. The van der Waals surface area contributed by atoms with Crippen molar-refractivity contribution < 1.29 is 23.4 Å². The third-order valence-electron chi connectivity index (χ3n) is 5.18. The van der Waals surface area contributed by atoms with Crippen LogP contribution in [-0.2, 0) is 21.3 Å². The van der Waals surface area contributed by atoms with Crippen molar-refractivity contribution in [2.24, 2.45) is 0 Å². The smallest absolute Gasteiger partial charge is 0.241 e. The second-order valence-electron chi connectivity index (χ2n) is 9.75. The Kier molecular flexibility index (Phi) is 9.57. The maximum Gasteiger partial charge on any atom is 0.241 e. The average Bonchev–Trinajstić information content (AvgIpc) is 2.81. The number of hydroxylamine groups is 2. The van der Waals surface area contributed by atoms with Crippen LogP contribution in [0.3, 0.4) is 0 Å². The van der Waals surface area contributed by atoms with Crippen molar-refractivity contribution in [1.29, 1.82) is 0 Å². The first-order chi connectivity index (χ1) is 17.4. The summed E-state index contributed by atoms with van der Waals surface area (Å²) in [5, 5.41) is 16.9. The Morgan fingerprint density at radius 3 is 2.46 bits per heavy atom. The zero-order valence-electron chi connectivity index (χ0n) is 22.0. The lowest BCUT2D eigenvalue weighted by Gasteiger charge is -2.20. The van der Waals surface area contributed by atoms with Crippen molar-refractivity contribution >= 4 is 33.2 Å². The van der Waals surface area contributed by atoms with Crippen LogP contribution in [0.2, 0.25) is 0 Å². The molecule has 0 fully saturated rings. The molecule has 11 heteroatoms. The molecule has 2 aromatic carbocycles. The average molecular weight is 530 g/mol. The summed E-state index contributed by atoms with van der Waals surface area (Å²) in [6, 6.07) is 14.3. The lowest BCUT2D eigenvalue weighted by Crippen LogP contribution is -3.08. The van der Waals surface area contributed by atoms with Crippen molar-refractivity contribution in [2.75, 3.05) is 30.4 Å². The van der Waals surface area contributed by atoms with Crippen LogP contribution in [0.4, 0.5) is 23.1 Å². The molecule has 1 heterocycles. The Labute approximate surface area is 219 Å². The number of anilines is 4. The first-order valence-electron chi connectivity index (χ1n) is 12.2. The molecule has 3 rings (SSSR count). The standard InChI is InChI=1S/C26H36N6O4S/c1-6-36-15-14-32(33)18-20-10-12-21(13-11-20)29-25-27-17-19(2)24(30-25)28-22-8-7-9-23(16-22)37(34,35)31-26(3,4)5/h7-13,16-17,31,33H,6,14-15,18H2,1-5H3,(H2,27,28,29,30)/p+1. The molecular weight excluding hydrogens is 492 g/mol. The molecule has 37 heavy (non-hydrogen) atoms. The molecule has 5 N–H and O–H groups in total. The summed E-state index contributed by atoms with van der Waals surface area (Å²) >= 11 is 0. The Bertz CT molecular complexity index is 1280. The maximum atomic E-state index is 12.7. The van der Waals surface area contributed by atoms with Gasteiger partial charge in [0.05, 0.1) is 11.5 Å². The van der Waals surface area contributed by atoms with Gasteiger partial charge in [0, 0.05) is 40.8 Å². The summed E-state index contributed by atoms with van der Waals surface area (Å²) in [5.41, 5.74) is 2.59. The third kappa shape index (κ3) is 9.06. The number of hydrogen-bond donors (Lipinski definition) is 5. The minimum absolute atomic E-state index is 0.166. The Hall–Kier alpha value is -3.09. The van der Waals surface area contributed by atoms with E-state index in [0.717, 1.165) is 16.8 Å². The van der Waals surface area contributed by atoms with Crippen LogP contribution in [0.5, 0.6) is 0 Å². The number of rotatable bonds is 12. The summed E-state index contributed by atoms with van der Waals surface area (Å²) in [6.45, 7) is 11.3. The zero-order chi connectivity index (χ0) is 27.1. The van der Waals surface area contributed by atoms with E-state index in [2.05, 4.69) is 25.3 Å². The SMILES string of the molecule is CCOCC[NH+](O)Cc1ccc(Nc2ncc(C)c(Nc3cccc(S(=O)(=O)NC(C)(C)C)c3)n2)cc1. The number of hydrogen-bond acceptors (Lipinski definition) is 8. The van der Waals surface area contributed by atoms with Gasteiger partial charge >= 0.3 is 0 Å². The van der Waals surface area contributed by atoms with Gasteiger partial charge in [-0.05, 0) is 65.0 Å². The van der Waals surface area contributed by atoms with E-state index in [1.165, 1.54) is 0 Å². The number of quaternary nitrogens is 1. The van der Waals surface area contributed by atoms with Crippen LogP contribution >= 0.6 is 0 Å².